The van der Waals surface area contributed by atoms with E-state index in [1.54, 1.807) is 6.07 Å². The van der Waals surface area contributed by atoms with E-state index in [1.165, 1.54) is 18.9 Å². The van der Waals surface area contributed by atoms with Gasteiger partial charge in [-0.25, -0.2) is 14.4 Å². The number of nitrogens with zero attached hydrogens (tertiary/aromatic N) is 3. The van der Waals surface area contributed by atoms with Gasteiger partial charge >= 0.3 is 0 Å². The van der Waals surface area contributed by atoms with Gasteiger partial charge in [0.15, 0.2) is 0 Å². The van der Waals surface area contributed by atoms with E-state index in [9.17, 15) is 4.39 Å². The molecule has 0 saturated carbocycles. The van der Waals surface area contributed by atoms with Gasteiger partial charge in [0.1, 0.15) is 23.3 Å². The number of anilines is 2. The van der Waals surface area contributed by atoms with Crippen LogP contribution >= 0.6 is 0 Å². The molecule has 1 N–H and O–H groups in total. The SMILES string of the molecule is Cc1nc(NCCc2ccccc2F)cc(N2CCC(C)CC2)n1. The number of aryl methyl sites for hydroxylation is 1. The molecule has 2 aromatic rings. The second-order valence-corrected chi connectivity index (χ2v) is 6.60. The van der Waals surface area contributed by atoms with Gasteiger partial charge in [0.2, 0.25) is 0 Å². The third-order valence-corrected chi connectivity index (χ3v) is 4.59. The lowest BCUT2D eigenvalue weighted by Gasteiger charge is -2.31. The minimum Gasteiger partial charge on any atom is -0.370 e. The zero-order valence-electron chi connectivity index (χ0n) is 14.4. The molecule has 0 amide bonds. The van der Waals surface area contributed by atoms with Crippen molar-refractivity contribution in [1.82, 2.24) is 9.97 Å². The summed E-state index contributed by atoms with van der Waals surface area (Å²) in [5.41, 5.74) is 0.723. The molecule has 1 aromatic heterocycles. The predicted octanol–water partition coefficient (Wildman–Crippen LogP) is 3.82. The van der Waals surface area contributed by atoms with Crippen molar-refractivity contribution < 1.29 is 4.39 Å². The molecule has 0 radical (unpaired) electrons. The Hall–Kier alpha value is -2.17. The molecule has 0 bridgehead atoms. The minimum atomic E-state index is -0.152. The van der Waals surface area contributed by atoms with Crippen LogP contribution in [0.15, 0.2) is 30.3 Å². The Morgan fingerprint density at radius 2 is 1.96 bits per heavy atom. The largest absolute Gasteiger partial charge is 0.370 e. The monoisotopic (exact) mass is 328 g/mol. The Bertz CT molecular complexity index is 681. The van der Waals surface area contributed by atoms with Gasteiger partial charge in [-0.1, -0.05) is 25.1 Å². The smallest absolute Gasteiger partial charge is 0.134 e. The van der Waals surface area contributed by atoms with Gasteiger partial charge in [-0.05, 0) is 43.7 Å². The minimum absolute atomic E-state index is 0.152. The van der Waals surface area contributed by atoms with Gasteiger partial charge in [-0.3, -0.25) is 0 Å². The van der Waals surface area contributed by atoms with Crippen LogP contribution in [0.2, 0.25) is 0 Å². The van der Waals surface area contributed by atoms with Crippen molar-refractivity contribution in [3.8, 4) is 0 Å². The molecule has 1 aromatic carbocycles. The van der Waals surface area contributed by atoms with Gasteiger partial charge in [-0.15, -0.1) is 0 Å². The molecule has 1 aliphatic heterocycles. The van der Waals surface area contributed by atoms with Gasteiger partial charge in [0, 0.05) is 25.7 Å². The zero-order chi connectivity index (χ0) is 16.9. The van der Waals surface area contributed by atoms with Crippen molar-refractivity contribution in [2.45, 2.75) is 33.1 Å². The Kier molecular flexibility index (Phi) is 5.28. The number of benzene rings is 1. The standard InChI is InChI=1S/C19H25FN4/c1-14-8-11-24(12-9-14)19-13-18(22-15(2)23-19)21-10-7-16-5-3-4-6-17(16)20/h3-6,13-14H,7-12H2,1-2H3,(H,21,22,23). The van der Waals surface area contributed by atoms with Crippen LogP contribution in [0.25, 0.3) is 0 Å². The van der Waals surface area contributed by atoms with E-state index in [1.807, 2.05) is 25.1 Å². The molecule has 5 heteroatoms. The van der Waals surface area contributed by atoms with Crippen molar-refractivity contribution in [3.05, 3.63) is 47.5 Å². The molecule has 0 unspecified atom stereocenters. The van der Waals surface area contributed by atoms with Crippen molar-refractivity contribution >= 4 is 11.6 Å². The second kappa shape index (κ2) is 7.60. The van der Waals surface area contributed by atoms with Crippen LogP contribution in [0.1, 0.15) is 31.2 Å². The highest BCUT2D eigenvalue weighted by Crippen LogP contribution is 2.23. The first-order valence-electron chi connectivity index (χ1n) is 8.70. The number of rotatable bonds is 5. The van der Waals surface area contributed by atoms with E-state index in [0.717, 1.165) is 42.0 Å². The number of hydrogen-bond donors (Lipinski definition) is 1. The first-order valence-corrected chi connectivity index (χ1v) is 8.70. The van der Waals surface area contributed by atoms with Crippen LogP contribution in [0, 0.1) is 18.7 Å². The maximum absolute atomic E-state index is 13.7. The molecule has 1 aliphatic rings. The fraction of sp³-hybridized carbons (Fsp3) is 0.474. The summed E-state index contributed by atoms with van der Waals surface area (Å²) in [5, 5.41) is 3.31. The van der Waals surface area contributed by atoms with E-state index in [4.69, 9.17) is 0 Å². The molecule has 24 heavy (non-hydrogen) atoms. The Morgan fingerprint density at radius 1 is 1.21 bits per heavy atom. The van der Waals surface area contributed by atoms with Crippen molar-refractivity contribution in [2.75, 3.05) is 29.9 Å². The summed E-state index contributed by atoms with van der Waals surface area (Å²) >= 11 is 0. The predicted molar refractivity (Wildman–Crippen MR) is 96.0 cm³/mol. The fourth-order valence-electron chi connectivity index (χ4n) is 3.07. The average Bonchev–Trinajstić information content (AvgIpc) is 2.57. The van der Waals surface area contributed by atoms with Gasteiger partial charge in [-0.2, -0.15) is 0 Å². The number of hydrogen-bond acceptors (Lipinski definition) is 4. The van der Waals surface area contributed by atoms with Crippen LogP contribution in [-0.4, -0.2) is 29.6 Å². The summed E-state index contributed by atoms with van der Waals surface area (Å²) in [5.74, 6) is 3.21. The first-order chi connectivity index (χ1) is 11.6. The van der Waals surface area contributed by atoms with E-state index in [0.29, 0.717) is 13.0 Å². The van der Waals surface area contributed by atoms with E-state index in [2.05, 4.69) is 27.1 Å². The Labute approximate surface area is 143 Å². The molecule has 0 aliphatic carbocycles. The van der Waals surface area contributed by atoms with Crippen LogP contribution in [0.4, 0.5) is 16.0 Å². The summed E-state index contributed by atoms with van der Waals surface area (Å²) < 4.78 is 13.7. The maximum Gasteiger partial charge on any atom is 0.134 e. The molecule has 0 spiro atoms. The Morgan fingerprint density at radius 3 is 2.71 bits per heavy atom. The lowest BCUT2D eigenvalue weighted by Crippen LogP contribution is -2.33. The molecular weight excluding hydrogens is 303 g/mol. The van der Waals surface area contributed by atoms with Crippen LogP contribution in [-0.2, 0) is 6.42 Å². The highest BCUT2D eigenvalue weighted by molar-refractivity contribution is 5.49. The Balaban J connectivity index is 1.62. The zero-order valence-corrected chi connectivity index (χ0v) is 14.4. The number of nitrogens with one attached hydrogen (secondary N) is 1. The molecule has 1 fully saturated rings. The molecule has 4 nitrogen and oxygen atoms in total. The summed E-state index contributed by atoms with van der Waals surface area (Å²) in [6.45, 7) is 6.96. The van der Waals surface area contributed by atoms with E-state index < -0.39 is 0 Å². The summed E-state index contributed by atoms with van der Waals surface area (Å²) in [7, 11) is 0. The van der Waals surface area contributed by atoms with Gasteiger partial charge in [0.05, 0.1) is 0 Å². The molecule has 128 valence electrons. The molecule has 0 atom stereocenters. The van der Waals surface area contributed by atoms with E-state index >= 15 is 0 Å². The van der Waals surface area contributed by atoms with Crippen LogP contribution < -0.4 is 10.2 Å². The van der Waals surface area contributed by atoms with Crippen LogP contribution in [0.5, 0.6) is 0 Å². The summed E-state index contributed by atoms with van der Waals surface area (Å²) in [6, 6.07) is 8.90. The lowest BCUT2D eigenvalue weighted by atomic mass is 9.99. The number of piperidine rings is 1. The fourth-order valence-corrected chi connectivity index (χ4v) is 3.07. The molecule has 2 heterocycles. The van der Waals surface area contributed by atoms with Gasteiger partial charge < -0.3 is 10.2 Å². The highest BCUT2D eigenvalue weighted by atomic mass is 19.1. The topological polar surface area (TPSA) is 41.1 Å². The highest BCUT2D eigenvalue weighted by Gasteiger charge is 2.17. The molecule has 1 saturated heterocycles. The lowest BCUT2D eigenvalue weighted by molar-refractivity contribution is 0.436. The van der Waals surface area contributed by atoms with Crippen LogP contribution in [0.3, 0.4) is 0 Å². The van der Waals surface area contributed by atoms with Gasteiger partial charge in [0.25, 0.3) is 0 Å². The third-order valence-electron chi connectivity index (χ3n) is 4.59. The van der Waals surface area contributed by atoms with Crippen molar-refractivity contribution in [3.63, 3.8) is 0 Å². The van der Waals surface area contributed by atoms with Crippen molar-refractivity contribution in [1.29, 1.82) is 0 Å². The molecule has 3 rings (SSSR count). The van der Waals surface area contributed by atoms with E-state index in [-0.39, 0.29) is 5.82 Å². The quantitative estimate of drug-likeness (QED) is 0.906. The first kappa shape index (κ1) is 16.7. The van der Waals surface area contributed by atoms with Crippen molar-refractivity contribution in [2.24, 2.45) is 5.92 Å². The molecular formula is C19H25FN4. The second-order valence-electron chi connectivity index (χ2n) is 6.60. The average molecular weight is 328 g/mol. The maximum atomic E-state index is 13.7. The number of halogens is 1. The number of aromatic nitrogens is 2. The third kappa shape index (κ3) is 4.22. The summed E-state index contributed by atoms with van der Waals surface area (Å²) in [6.07, 6.45) is 3.05. The summed E-state index contributed by atoms with van der Waals surface area (Å²) in [4.78, 5) is 11.4. The normalized spacial score (nSPS) is 15.5.